The molecule has 24 heavy (non-hydrogen) atoms. The number of hydrogen-bond acceptors (Lipinski definition) is 2. The molecule has 0 unspecified atom stereocenters. The molecule has 2 atom stereocenters. The van der Waals surface area contributed by atoms with E-state index in [1.165, 1.54) is 4.90 Å². The maximum Gasteiger partial charge on any atom is 0.419 e. The number of benzene rings is 1. The molecule has 0 bridgehead atoms. The molecule has 1 aliphatic heterocycles. The Kier molecular flexibility index (Phi) is 3.80. The number of carboxylic acid groups (broad SMARTS) is 1. The second-order valence-electron chi connectivity index (χ2n) is 6.43. The Bertz CT molecular complexity index is 703. The van der Waals surface area contributed by atoms with Crippen molar-refractivity contribution in [2.45, 2.75) is 25.4 Å². The fourth-order valence-electron chi connectivity index (χ4n) is 3.85. The minimum Gasteiger partial charge on any atom is -0.481 e. The lowest BCUT2D eigenvalue weighted by Gasteiger charge is -2.23. The second kappa shape index (κ2) is 5.46. The van der Waals surface area contributed by atoms with E-state index in [0.717, 1.165) is 12.5 Å². The summed E-state index contributed by atoms with van der Waals surface area (Å²) in [4.78, 5) is 25.3. The maximum absolute atomic E-state index is 13.3. The normalized spacial score (nSPS) is 26.5. The summed E-state index contributed by atoms with van der Waals surface area (Å²) in [5, 5.41) is 9.50. The van der Waals surface area contributed by atoms with Crippen molar-refractivity contribution in [1.29, 1.82) is 0 Å². The first-order chi connectivity index (χ1) is 11.1. The van der Waals surface area contributed by atoms with Crippen molar-refractivity contribution in [2.24, 2.45) is 11.3 Å². The standard InChI is InChI=1S/C16H15F4NO3/c17-12-4-3-9(6-11(12)16(18,19)20)13(22)21-7-10-2-1-5-15(10,8-21)14(23)24/h3-4,6,10H,1-2,5,7-8H2,(H,23,24)/t10-,15+/m0/s1. The molecule has 0 aromatic heterocycles. The van der Waals surface area contributed by atoms with E-state index in [9.17, 15) is 32.3 Å². The van der Waals surface area contributed by atoms with Gasteiger partial charge in [0.15, 0.2) is 0 Å². The van der Waals surface area contributed by atoms with Gasteiger partial charge in [0.05, 0.1) is 11.0 Å². The summed E-state index contributed by atoms with van der Waals surface area (Å²) >= 11 is 0. The molecule has 1 saturated heterocycles. The van der Waals surface area contributed by atoms with E-state index in [1.54, 1.807) is 0 Å². The van der Waals surface area contributed by atoms with Gasteiger partial charge >= 0.3 is 12.1 Å². The topological polar surface area (TPSA) is 57.6 Å². The van der Waals surface area contributed by atoms with Crippen molar-refractivity contribution in [3.05, 3.63) is 35.1 Å². The zero-order valence-electron chi connectivity index (χ0n) is 12.6. The summed E-state index contributed by atoms with van der Waals surface area (Å²) in [6.45, 7) is 0.175. The number of alkyl halides is 3. The first kappa shape index (κ1) is 16.7. The Morgan fingerprint density at radius 2 is 2.00 bits per heavy atom. The minimum atomic E-state index is -4.90. The lowest BCUT2D eigenvalue weighted by Crippen LogP contribution is -2.37. The molecule has 1 heterocycles. The molecular formula is C16H15F4NO3. The highest BCUT2D eigenvalue weighted by molar-refractivity contribution is 5.95. The van der Waals surface area contributed by atoms with Crippen LogP contribution in [0.15, 0.2) is 18.2 Å². The van der Waals surface area contributed by atoms with Crippen molar-refractivity contribution < 1.29 is 32.3 Å². The van der Waals surface area contributed by atoms with Gasteiger partial charge in [-0.1, -0.05) is 6.42 Å². The van der Waals surface area contributed by atoms with Crippen LogP contribution >= 0.6 is 0 Å². The molecule has 1 saturated carbocycles. The molecular weight excluding hydrogens is 330 g/mol. The number of aliphatic carboxylic acids is 1. The molecule has 0 radical (unpaired) electrons. The lowest BCUT2D eigenvalue weighted by molar-refractivity contribution is -0.149. The number of carboxylic acids is 1. The molecule has 1 aromatic rings. The molecule has 1 aromatic carbocycles. The monoisotopic (exact) mass is 345 g/mol. The van der Waals surface area contributed by atoms with E-state index < -0.39 is 34.8 Å². The number of nitrogens with zero attached hydrogens (tertiary/aromatic N) is 1. The molecule has 2 fully saturated rings. The number of rotatable bonds is 2. The third-order valence-corrected chi connectivity index (χ3v) is 5.10. The van der Waals surface area contributed by atoms with E-state index in [1.807, 2.05) is 0 Å². The van der Waals surface area contributed by atoms with Crippen molar-refractivity contribution >= 4 is 11.9 Å². The maximum atomic E-state index is 13.3. The average molecular weight is 345 g/mol. The Morgan fingerprint density at radius 1 is 1.29 bits per heavy atom. The highest BCUT2D eigenvalue weighted by Gasteiger charge is 2.55. The first-order valence-corrected chi connectivity index (χ1v) is 7.54. The summed E-state index contributed by atoms with van der Waals surface area (Å²) in [5.41, 5.74) is -2.80. The zero-order valence-corrected chi connectivity index (χ0v) is 12.6. The van der Waals surface area contributed by atoms with Crippen LogP contribution in [-0.2, 0) is 11.0 Å². The number of hydrogen-bond donors (Lipinski definition) is 1. The lowest BCUT2D eigenvalue weighted by atomic mass is 9.81. The van der Waals surface area contributed by atoms with Crippen LogP contribution in [0.2, 0.25) is 0 Å². The van der Waals surface area contributed by atoms with Gasteiger partial charge in [0, 0.05) is 18.7 Å². The van der Waals surface area contributed by atoms with E-state index in [-0.39, 0.29) is 24.6 Å². The first-order valence-electron chi connectivity index (χ1n) is 7.54. The van der Waals surface area contributed by atoms with Gasteiger partial charge in [-0.05, 0) is 37.0 Å². The molecule has 8 heteroatoms. The number of carbonyl (C=O) groups excluding carboxylic acids is 1. The predicted molar refractivity (Wildman–Crippen MR) is 74.7 cm³/mol. The van der Waals surface area contributed by atoms with Crippen LogP contribution < -0.4 is 0 Å². The highest BCUT2D eigenvalue weighted by Crippen LogP contribution is 2.49. The molecule has 130 valence electrons. The largest absolute Gasteiger partial charge is 0.481 e. The van der Waals surface area contributed by atoms with Crippen molar-refractivity contribution in [3.63, 3.8) is 0 Å². The third-order valence-electron chi connectivity index (χ3n) is 5.10. The van der Waals surface area contributed by atoms with Gasteiger partial charge in [-0.3, -0.25) is 9.59 Å². The minimum absolute atomic E-state index is 0.0233. The average Bonchev–Trinajstić information content (AvgIpc) is 3.03. The van der Waals surface area contributed by atoms with Gasteiger partial charge < -0.3 is 10.0 Å². The molecule has 0 spiro atoms. The van der Waals surface area contributed by atoms with Crippen LogP contribution in [0.25, 0.3) is 0 Å². The quantitative estimate of drug-likeness (QED) is 0.838. The second-order valence-corrected chi connectivity index (χ2v) is 6.43. The molecule has 1 N–H and O–H groups in total. The number of amides is 1. The number of likely N-dealkylation sites (tertiary alicyclic amines) is 1. The van der Waals surface area contributed by atoms with Crippen molar-refractivity contribution in [2.75, 3.05) is 13.1 Å². The smallest absolute Gasteiger partial charge is 0.419 e. The van der Waals surface area contributed by atoms with Crippen LogP contribution in [0.3, 0.4) is 0 Å². The summed E-state index contributed by atoms with van der Waals surface area (Å²) < 4.78 is 51.7. The van der Waals surface area contributed by atoms with E-state index >= 15 is 0 Å². The Hall–Kier alpha value is -2.12. The third kappa shape index (κ3) is 2.53. The number of halogens is 4. The fourth-order valence-corrected chi connectivity index (χ4v) is 3.85. The van der Waals surface area contributed by atoms with E-state index in [4.69, 9.17) is 0 Å². The van der Waals surface area contributed by atoms with Gasteiger partial charge in [0.25, 0.3) is 5.91 Å². The summed E-state index contributed by atoms with van der Waals surface area (Å²) in [6, 6.07) is 2.09. The predicted octanol–water partition coefficient (Wildman–Crippen LogP) is 3.17. The van der Waals surface area contributed by atoms with Crippen LogP contribution in [0.5, 0.6) is 0 Å². The van der Waals surface area contributed by atoms with Gasteiger partial charge in [-0.15, -0.1) is 0 Å². The summed E-state index contributed by atoms with van der Waals surface area (Å²) in [6.07, 6.45) is -3.01. The van der Waals surface area contributed by atoms with Crippen molar-refractivity contribution in [3.8, 4) is 0 Å². The van der Waals surface area contributed by atoms with Gasteiger partial charge in [0.1, 0.15) is 5.82 Å². The Labute approximate surface area is 135 Å². The van der Waals surface area contributed by atoms with Gasteiger partial charge in [-0.25, -0.2) is 4.39 Å². The highest BCUT2D eigenvalue weighted by atomic mass is 19.4. The number of fused-ring (bicyclic) bond motifs is 1. The van der Waals surface area contributed by atoms with E-state index in [0.29, 0.717) is 25.0 Å². The summed E-state index contributed by atoms with van der Waals surface area (Å²) in [7, 11) is 0. The van der Waals surface area contributed by atoms with Crippen LogP contribution in [0, 0.1) is 17.2 Å². The van der Waals surface area contributed by atoms with E-state index in [2.05, 4.69) is 0 Å². The van der Waals surface area contributed by atoms with Crippen LogP contribution in [0.4, 0.5) is 17.6 Å². The SMILES string of the molecule is O=C(c1ccc(F)c(C(F)(F)F)c1)N1C[C@@H]2CCC[C@@]2(C(=O)O)C1. The number of carbonyl (C=O) groups is 2. The van der Waals surface area contributed by atoms with Crippen LogP contribution in [-0.4, -0.2) is 35.0 Å². The molecule has 3 rings (SSSR count). The molecule has 2 aliphatic rings. The van der Waals surface area contributed by atoms with Gasteiger partial charge in [-0.2, -0.15) is 13.2 Å². The zero-order chi connectivity index (χ0) is 17.7. The fraction of sp³-hybridized carbons (Fsp3) is 0.500. The Balaban J connectivity index is 1.88. The molecule has 1 aliphatic carbocycles. The van der Waals surface area contributed by atoms with Gasteiger partial charge in [0.2, 0.25) is 0 Å². The molecule has 1 amide bonds. The van der Waals surface area contributed by atoms with Crippen molar-refractivity contribution in [1.82, 2.24) is 4.90 Å². The Morgan fingerprint density at radius 3 is 2.58 bits per heavy atom. The van der Waals surface area contributed by atoms with Crippen LogP contribution in [0.1, 0.15) is 35.2 Å². The molecule has 4 nitrogen and oxygen atoms in total. The summed E-state index contributed by atoms with van der Waals surface area (Å²) in [5.74, 6) is -3.31.